The molecule has 24 heavy (non-hydrogen) atoms. The SMILES string of the molecule is CC1=NN(c2ccc(Cl)cc2)C(=O)/C1=C/C(Cl)=Cc1ccccc1. The second kappa shape index (κ2) is 7.04. The number of nitrogens with zero attached hydrogens (tertiary/aromatic N) is 2. The van der Waals surface area contributed by atoms with Crippen molar-refractivity contribution >= 4 is 46.6 Å². The van der Waals surface area contributed by atoms with Crippen LogP contribution in [0.5, 0.6) is 0 Å². The molecule has 120 valence electrons. The Morgan fingerprint density at radius 3 is 2.42 bits per heavy atom. The topological polar surface area (TPSA) is 32.7 Å². The molecule has 0 unspecified atom stereocenters. The second-order valence-corrected chi connectivity index (χ2v) is 6.15. The van der Waals surface area contributed by atoms with Gasteiger partial charge in [-0.15, -0.1) is 0 Å². The number of hydrogen-bond donors (Lipinski definition) is 0. The van der Waals surface area contributed by atoms with Crippen LogP contribution in [0.25, 0.3) is 6.08 Å². The smallest absolute Gasteiger partial charge is 0.267 e. The summed E-state index contributed by atoms with van der Waals surface area (Å²) >= 11 is 12.2. The molecule has 0 saturated carbocycles. The number of rotatable bonds is 3. The summed E-state index contributed by atoms with van der Waals surface area (Å²) in [4.78, 5) is 12.6. The standard InChI is InChI=1S/C19H14Cl2N2O/c1-13-18(12-16(21)11-14-5-3-2-4-6-14)19(24)23(22-13)17-9-7-15(20)8-10-17/h2-12H,1H3/b16-11?,18-12+. The molecule has 0 N–H and O–H groups in total. The summed E-state index contributed by atoms with van der Waals surface area (Å²) in [5, 5.41) is 6.74. The number of hydrogen-bond acceptors (Lipinski definition) is 2. The molecule has 0 spiro atoms. The molecule has 0 radical (unpaired) electrons. The van der Waals surface area contributed by atoms with Gasteiger partial charge >= 0.3 is 0 Å². The highest BCUT2D eigenvalue weighted by Gasteiger charge is 2.28. The van der Waals surface area contributed by atoms with E-state index in [4.69, 9.17) is 23.2 Å². The number of carbonyl (C=O) groups excluding carboxylic acids is 1. The van der Waals surface area contributed by atoms with Crippen LogP contribution in [-0.2, 0) is 4.79 Å². The number of benzene rings is 2. The Bertz CT molecular complexity index is 853. The van der Waals surface area contributed by atoms with Gasteiger partial charge in [-0.2, -0.15) is 10.1 Å². The third kappa shape index (κ3) is 3.58. The Labute approximate surface area is 150 Å². The van der Waals surface area contributed by atoms with E-state index in [1.165, 1.54) is 5.01 Å². The summed E-state index contributed by atoms with van der Waals surface area (Å²) in [6, 6.07) is 16.6. The minimum absolute atomic E-state index is 0.213. The molecule has 0 aliphatic carbocycles. The minimum Gasteiger partial charge on any atom is -0.267 e. The maximum absolute atomic E-state index is 12.6. The molecular weight excluding hydrogens is 343 g/mol. The Hall–Kier alpha value is -2.36. The largest absolute Gasteiger partial charge is 0.280 e. The van der Waals surface area contributed by atoms with E-state index in [-0.39, 0.29) is 5.91 Å². The van der Waals surface area contributed by atoms with Crippen molar-refractivity contribution < 1.29 is 4.79 Å². The molecule has 2 aromatic carbocycles. The Morgan fingerprint density at radius 1 is 1.08 bits per heavy atom. The summed E-state index contributed by atoms with van der Waals surface area (Å²) in [7, 11) is 0. The van der Waals surface area contributed by atoms with E-state index in [1.807, 2.05) is 30.3 Å². The van der Waals surface area contributed by atoms with E-state index in [0.29, 0.717) is 27.0 Å². The van der Waals surface area contributed by atoms with Crippen molar-refractivity contribution in [1.29, 1.82) is 0 Å². The van der Waals surface area contributed by atoms with Crippen molar-refractivity contribution in [3.8, 4) is 0 Å². The number of hydrazone groups is 1. The van der Waals surface area contributed by atoms with Crippen molar-refractivity contribution in [2.45, 2.75) is 6.92 Å². The lowest BCUT2D eigenvalue weighted by Crippen LogP contribution is -2.21. The molecule has 0 bridgehead atoms. The van der Waals surface area contributed by atoms with Gasteiger partial charge in [0.2, 0.25) is 0 Å². The van der Waals surface area contributed by atoms with Crippen LogP contribution in [0, 0.1) is 0 Å². The zero-order valence-corrected chi connectivity index (χ0v) is 14.4. The van der Waals surface area contributed by atoms with Crippen molar-refractivity contribution in [3.05, 3.63) is 81.9 Å². The summed E-state index contributed by atoms with van der Waals surface area (Å²) in [5.74, 6) is -0.213. The lowest BCUT2D eigenvalue weighted by Gasteiger charge is -2.11. The molecule has 0 saturated heterocycles. The quantitative estimate of drug-likeness (QED) is 0.689. The van der Waals surface area contributed by atoms with E-state index in [0.717, 1.165) is 5.56 Å². The average molecular weight is 357 g/mol. The van der Waals surface area contributed by atoms with Crippen molar-refractivity contribution in [1.82, 2.24) is 0 Å². The Kier molecular flexibility index (Phi) is 4.84. The van der Waals surface area contributed by atoms with Crippen molar-refractivity contribution in [3.63, 3.8) is 0 Å². The van der Waals surface area contributed by atoms with Crippen molar-refractivity contribution in [2.75, 3.05) is 5.01 Å². The predicted molar refractivity (Wildman–Crippen MR) is 100 cm³/mol. The Balaban J connectivity index is 1.87. The molecule has 1 aliphatic rings. The molecule has 0 aromatic heterocycles. The first-order valence-corrected chi connectivity index (χ1v) is 8.10. The number of anilines is 1. The van der Waals surface area contributed by atoms with Crippen LogP contribution in [0.3, 0.4) is 0 Å². The Morgan fingerprint density at radius 2 is 1.75 bits per heavy atom. The van der Waals surface area contributed by atoms with Gasteiger partial charge in [-0.1, -0.05) is 53.5 Å². The minimum atomic E-state index is -0.213. The van der Waals surface area contributed by atoms with E-state index in [9.17, 15) is 4.79 Å². The number of allylic oxidation sites excluding steroid dienone is 2. The highest BCUT2D eigenvalue weighted by atomic mass is 35.5. The highest BCUT2D eigenvalue weighted by Crippen LogP contribution is 2.26. The van der Waals surface area contributed by atoms with Gasteiger partial charge < -0.3 is 0 Å². The molecule has 1 amide bonds. The molecule has 5 heteroatoms. The average Bonchev–Trinajstić information content (AvgIpc) is 2.85. The molecule has 1 heterocycles. The lowest BCUT2D eigenvalue weighted by atomic mass is 10.1. The van der Waals surface area contributed by atoms with Crippen LogP contribution in [0.15, 0.2) is 76.4 Å². The van der Waals surface area contributed by atoms with Gasteiger partial charge in [0, 0.05) is 10.1 Å². The zero-order chi connectivity index (χ0) is 17.1. The van der Waals surface area contributed by atoms with E-state index < -0.39 is 0 Å². The summed E-state index contributed by atoms with van der Waals surface area (Å²) in [5.41, 5.74) is 2.72. The van der Waals surface area contributed by atoms with Gasteiger partial charge in [0.05, 0.1) is 17.0 Å². The van der Waals surface area contributed by atoms with Gasteiger partial charge in [-0.25, -0.2) is 0 Å². The lowest BCUT2D eigenvalue weighted by molar-refractivity contribution is -0.114. The third-order valence-corrected chi connectivity index (χ3v) is 3.99. The fourth-order valence-corrected chi connectivity index (χ4v) is 2.69. The van der Waals surface area contributed by atoms with E-state index in [2.05, 4.69) is 5.10 Å². The monoisotopic (exact) mass is 356 g/mol. The first-order chi connectivity index (χ1) is 11.5. The molecule has 3 nitrogen and oxygen atoms in total. The molecule has 0 atom stereocenters. The molecule has 0 fully saturated rings. The van der Waals surface area contributed by atoms with Crippen LogP contribution in [0.4, 0.5) is 5.69 Å². The van der Waals surface area contributed by atoms with Crippen LogP contribution in [0.1, 0.15) is 12.5 Å². The van der Waals surface area contributed by atoms with Gasteiger partial charge in [-0.3, -0.25) is 4.79 Å². The van der Waals surface area contributed by atoms with Crippen LogP contribution in [0.2, 0.25) is 5.02 Å². The van der Waals surface area contributed by atoms with Gasteiger partial charge in [0.25, 0.3) is 5.91 Å². The normalized spacial score (nSPS) is 16.7. The molecule has 2 aromatic rings. The summed E-state index contributed by atoms with van der Waals surface area (Å²) in [6.07, 6.45) is 3.45. The first kappa shape index (κ1) is 16.5. The van der Waals surface area contributed by atoms with Gasteiger partial charge in [0.1, 0.15) is 0 Å². The first-order valence-electron chi connectivity index (χ1n) is 7.34. The molecule has 3 rings (SSSR count). The zero-order valence-electron chi connectivity index (χ0n) is 12.9. The second-order valence-electron chi connectivity index (χ2n) is 5.28. The van der Waals surface area contributed by atoms with E-state index >= 15 is 0 Å². The van der Waals surface area contributed by atoms with Crippen LogP contribution < -0.4 is 5.01 Å². The van der Waals surface area contributed by atoms with Gasteiger partial charge in [-0.05, 0) is 48.9 Å². The summed E-state index contributed by atoms with van der Waals surface area (Å²) in [6.45, 7) is 1.78. The summed E-state index contributed by atoms with van der Waals surface area (Å²) < 4.78 is 0. The fraction of sp³-hybridized carbons (Fsp3) is 0.0526. The number of amides is 1. The maximum atomic E-state index is 12.6. The number of halogens is 2. The van der Waals surface area contributed by atoms with Crippen LogP contribution >= 0.6 is 23.2 Å². The maximum Gasteiger partial charge on any atom is 0.280 e. The molecular formula is C19H14Cl2N2O. The van der Waals surface area contributed by atoms with Gasteiger partial charge in [0.15, 0.2) is 0 Å². The fourth-order valence-electron chi connectivity index (χ4n) is 2.33. The predicted octanol–water partition coefficient (Wildman–Crippen LogP) is 5.27. The number of carbonyl (C=O) groups is 1. The molecule has 1 aliphatic heterocycles. The third-order valence-electron chi connectivity index (χ3n) is 3.52. The van der Waals surface area contributed by atoms with Crippen molar-refractivity contribution in [2.24, 2.45) is 5.10 Å². The highest BCUT2D eigenvalue weighted by molar-refractivity contribution is 6.36. The van der Waals surface area contributed by atoms with E-state index in [1.54, 1.807) is 43.3 Å². The van der Waals surface area contributed by atoms with Crippen LogP contribution in [-0.4, -0.2) is 11.6 Å².